The Hall–Kier alpha value is -3.10. The lowest BCUT2D eigenvalue weighted by molar-refractivity contribution is -0.121. The smallest absolute Gasteiger partial charge is 0.254 e. The summed E-state index contributed by atoms with van der Waals surface area (Å²) in [4.78, 5) is 28.4. The summed E-state index contributed by atoms with van der Waals surface area (Å²) in [5, 5.41) is 2.85. The molecule has 30 heavy (non-hydrogen) atoms. The van der Waals surface area contributed by atoms with Gasteiger partial charge in [0.1, 0.15) is 0 Å². The summed E-state index contributed by atoms with van der Waals surface area (Å²) in [6.07, 6.45) is 0.729. The highest BCUT2D eigenvalue weighted by Crippen LogP contribution is 2.20. The molecule has 0 atom stereocenters. The summed E-state index contributed by atoms with van der Waals surface area (Å²) in [5.41, 5.74) is 3.51. The lowest BCUT2D eigenvalue weighted by Gasteiger charge is -2.28. The van der Waals surface area contributed by atoms with Gasteiger partial charge in [0, 0.05) is 36.3 Å². The molecule has 0 bridgehead atoms. The zero-order valence-corrected chi connectivity index (χ0v) is 18.4. The van der Waals surface area contributed by atoms with Crippen molar-refractivity contribution in [3.8, 4) is 11.8 Å². The molecule has 0 saturated heterocycles. The van der Waals surface area contributed by atoms with E-state index in [0.717, 1.165) is 29.7 Å². The Morgan fingerprint density at radius 1 is 1.07 bits per heavy atom. The van der Waals surface area contributed by atoms with Gasteiger partial charge in [0.05, 0.1) is 6.54 Å². The molecule has 0 spiro atoms. The summed E-state index contributed by atoms with van der Waals surface area (Å²) >= 11 is 0. The first kappa shape index (κ1) is 23.2. The highest BCUT2D eigenvalue weighted by molar-refractivity contribution is 5.98. The van der Waals surface area contributed by atoms with Crippen LogP contribution in [0.2, 0.25) is 0 Å². The van der Waals surface area contributed by atoms with Crippen LogP contribution in [0.3, 0.4) is 0 Å². The van der Waals surface area contributed by atoms with E-state index < -0.39 is 0 Å². The van der Waals surface area contributed by atoms with Gasteiger partial charge < -0.3 is 15.1 Å². The van der Waals surface area contributed by atoms with Crippen LogP contribution in [0.5, 0.6) is 0 Å². The van der Waals surface area contributed by atoms with Crippen LogP contribution in [0.1, 0.15) is 40.9 Å². The van der Waals surface area contributed by atoms with E-state index in [1.54, 1.807) is 4.90 Å². The summed E-state index contributed by atoms with van der Waals surface area (Å²) < 4.78 is 0. The standard InChI is InChI=1S/C23H25N3O2.C2H6/c1-25(2)15-13-24-22(27)17-26-14-12-20-16-19(10-11-21(20)23(26)28)9-8-18-6-4-3-5-7-18;1-2/h3-7,10-11,16H,12-15,17H2,1-2H3,(H,24,27);1-2H3. The van der Waals surface area contributed by atoms with Gasteiger partial charge in [-0.05, 0) is 56.4 Å². The zero-order valence-electron chi connectivity index (χ0n) is 18.4. The summed E-state index contributed by atoms with van der Waals surface area (Å²) in [6.45, 7) is 5.99. The molecule has 1 N–H and O–H groups in total. The van der Waals surface area contributed by atoms with Crippen molar-refractivity contribution in [2.75, 3.05) is 40.3 Å². The average Bonchev–Trinajstić information content (AvgIpc) is 2.76. The molecular formula is C25H31N3O2. The molecule has 0 saturated carbocycles. The minimum atomic E-state index is -0.121. The number of carbonyl (C=O) groups excluding carboxylic acids is 2. The topological polar surface area (TPSA) is 52.7 Å². The van der Waals surface area contributed by atoms with Crippen LogP contribution < -0.4 is 5.32 Å². The number of hydrogen-bond donors (Lipinski definition) is 1. The van der Waals surface area contributed by atoms with E-state index in [1.165, 1.54) is 0 Å². The number of hydrogen-bond acceptors (Lipinski definition) is 3. The van der Waals surface area contributed by atoms with Crippen molar-refractivity contribution in [1.29, 1.82) is 0 Å². The van der Waals surface area contributed by atoms with Crippen LogP contribution >= 0.6 is 0 Å². The van der Waals surface area contributed by atoms with Crippen LogP contribution in [-0.2, 0) is 11.2 Å². The number of nitrogens with zero attached hydrogens (tertiary/aromatic N) is 2. The minimum Gasteiger partial charge on any atom is -0.353 e. The van der Waals surface area contributed by atoms with Crippen LogP contribution in [0.4, 0.5) is 0 Å². The summed E-state index contributed by atoms with van der Waals surface area (Å²) in [7, 11) is 3.91. The number of likely N-dealkylation sites (N-methyl/N-ethyl adjacent to an activating group) is 1. The fraction of sp³-hybridized carbons (Fsp3) is 0.360. The highest BCUT2D eigenvalue weighted by Gasteiger charge is 2.25. The van der Waals surface area contributed by atoms with Gasteiger partial charge in [-0.1, -0.05) is 43.9 Å². The van der Waals surface area contributed by atoms with Crippen molar-refractivity contribution in [3.05, 3.63) is 70.8 Å². The third kappa shape index (κ3) is 6.75. The molecule has 2 aromatic carbocycles. The molecule has 2 amide bonds. The third-order valence-electron chi connectivity index (χ3n) is 4.61. The molecular weight excluding hydrogens is 374 g/mol. The molecule has 1 heterocycles. The van der Waals surface area contributed by atoms with E-state index in [1.807, 2.05) is 81.4 Å². The second kappa shape index (κ2) is 11.8. The Bertz CT molecular complexity index is 911. The Morgan fingerprint density at radius 2 is 1.77 bits per heavy atom. The van der Waals surface area contributed by atoms with E-state index in [9.17, 15) is 9.59 Å². The Labute approximate surface area is 180 Å². The highest BCUT2D eigenvalue weighted by atomic mass is 16.2. The van der Waals surface area contributed by atoms with E-state index in [0.29, 0.717) is 18.7 Å². The fourth-order valence-electron chi connectivity index (χ4n) is 3.08. The molecule has 0 aliphatic carbocycles. The van der Waals surface area contributed by atoms with Gasteiger partial charge in [-0.2, -0.15) is 0 Å². The Kier molecular flexibility index (Phi) is 9.11. The molecule has 0 fully saturated rings. The number of rotatable bonds is 5. The number of benzene rings is 2. The normalized spacial score (nSPS) is 12.3. The molecule has 158 valence electrons. The average molecular weight is 406 g/mol. The van der Waals surface area contributed by atoms with Crippen molar-refractivity contribution in [2.24, 2.45) is 0 Å². The molecule has 3 rings (SSSR count). The van der Waals surface area contributed by atoms with Crippen molar-refractivity contribution in [3.63, 3.8) is 0 Å². The molecule has 0 radical (unpaired) electrons. The fourth-order valence-corrected chi connectivity index (χ4v) is 3.08. The minimum absolute atomic E-state index is 0.0911. The second-order valence-corrected chi connectivity index (χ2v) is 7.12. The molecule has 2 aromatic rings. The maximum Gasteiger partial charge on any atom is 0.254 e. The predicted octanol–water partition coefficient (Wildman–Crippen LogP) is 2.79. The van der Waals surface area contributed by atoms with E-state index in [2.05, 4.69) is 17.2 Å². The molecule has 0 unspecified atom stereocenters. The first-order valence-corrected chi connectivity index (χ1v) is 10.4. The van der Waals surface area contributed by atoms with Gasteiger partial charge in [0.15, 0.2) is 0 Å². The van der Waals surface area contributed by atoms with Crippen molar-refractivity contribution in [1.82, 2.24) is 15.1 Å². The number of fused-ring (bicyclic) bond motifs is 1. The van der Waals surface area contributed by atoms with Gasteiger partial charge in [-0.25, -0.2) is 0 Å². The predicted molar refractivity (Wildman–Crippen MR) is 121 cm³/mol. The first-order chi connectivity index (χ1) is 14.5. The van der Waals surface area contributed by atoms with Gasteiger partial charge >= 0.3 is 0 Å². The lowest BCUT2D eigenvalue weighted by atomic mass is 9.96. The largest absolute Gasteiger partial charge is 0.353 e. The van der Waals surface area contributed by atoms with Gasteiger partial charge in [0.2, 0.25) is 5.91 Å². The van der Waals surface area contributed by atoms with E-state index >= 15 is 0 Å². The van der Waals surface area contributed by atoms with Crippen LogP contribution in [0, 0.1) is 11.8 Å². The Morgan fingerprint density at radius 3 is 2.47 bits per heavy atom. The molecule has 5 nitrogen and oxygen atoms in total. The van der Waals surface area contributed by atoms with Crippen LogP contribution in [0.25, 0.3) is 0 Å². The third-order valence-corrected chi connectivity index (χ3v) is 4.61. The monoisotopic (exact) mass is 405 g/mol. The number of amides is 2. The maximum atomic E-state index is 12.7. The van der Waals surface area contributed by atoms with E-state index in [4.69, 9.17) is 0 Å². The lowest BCUT2D eigenvalue weighted by Crippen LogP contribution is -2.45. The van der Waals surface area contributed by atoms with Crippen molar-refractivity contribution in [2.45, 2.75) is 20.3 Å². The van der Waals surface area contributed by atoms with Crippen LogP contribution in [0.15, 0.2) is 48.5 Å². The number of nitrogens with one attached hydrogen (secondary N) is 1. The number of carbonyl (C=O) groups is 2. The van der Waals surface area contributed by atoms with Gasteiger partial charge in [-0.3, -0.25) is 9.59 Å². The van der Waals surface area contributed by atoms with Gasteiger partial charge in [-0.15, -0.1) is 0 Å². The summed E-state index contributed by atoms with van der Waals surface area (Å²) in [6, 6.07) is 15.5. The van der Waals surface area contributed by atoms with Crippen LogP contribution in [-0.4, -0.2) is 61.9 Å². The van der Waals surface area contributed by atoms with Gasteiger partial charge in [0.25, 0.3) is 5.91 Å². The summed E-state index contributed by atoms with van der Waals surface area (Å²) in [5.74, 6) is 6.09. The molecule has 0 aromatic heterocycles. The molecule has 1 aliphatic rings. The first-order valence-electron chi connectivity index (χ1n) is 10.4. The maximum absolute atomic E-state index is 12.7. The van der Waals surface area contributed by atoms with Crippen molar-refractivity contribution >= 4 is 11.8 Å². The SMILES string of the molecule is CC.CN(C)CCNC(=O)CN1CCc2cc(C#Cc3ccccc3)ccc2C1=O. The zero-order chi connectivity index (χ0) is 21.9. The van der Waals surface area contributed by atoms with E-state index in [-0.39, 0.29) is 18.4 Å². The Balaban J connectivity index is 0.00000155. The quantitative estimate of drug-likeness (QED) is 0.779. The molecule has 1 aliphatic heterocycles. The second-order valence-electron chi connectivity index (χ2n) is 7.12. The molecule has 5 heteroatoms. The van der Waals surface area contributed by atoms with Crippen molar-refractivity contribution < 1.29 is 9.59 Å².